The van der Waals surface area contributed by atoms with Gasteiger partial charge in [0, 0.05) is 37.8 Å². The molecule has 0 bridgehead atoms. The van der Waals surface area contributed by atoms with Gasteiger partial charge in [-0.15, -0.1) is 0 Å². The minimum atomic E-state index is 0.358. The number of piperazine rings is 1. The first-order valence-corrected chi connectivity index (χ1v) is 6.96. The van der Waals surface area contributed by atoms with E-state index in [1.54, 1.807) is 0 Å². The normalized spacial score (nSPS) is 18.8. The molecule has 0 saturated carbocycles. The van der Waals surface area contributed by atoms with Gasteiger partial charge in [-0.2, -0.15) is 0 Å². The molecule has 0 aromatic heterocycles. The van der Waals surface area contributed by atoms with Crippen LogP contribution in [0, 0.1) is 6.92 Å². The lowest BCUT2D eigenvalue weighted by Crippen LogP contribution is -2.45. The number of hydrogen-bond acceptors (Lipinski definition) is 3. The van der Waals surface area contributed by atoms with Gasteiger partial charge < -0.3 is 10.4 Å². The molecule has 18 heavy (non-hydrogen) atoms. The zero-order chi connectivity index (χ0) is 13.0. The standard InChI is InChI=1S/C15H24N2O/c1-3-4-14(17-9-7-16-8-10-17)13-11-12(2)5-6-15(13)18/h5-6,11,14,16,18H,3-4,7-10H2,1-2H3/t14-/m0/s1. The van der Waals surface area contributed by atoms with E-state index in [0.29, 0.717) is 11.8 Å². The van der Waals surface area contributed by atoms with E-state index in [1.807, 2.05) is 12.1 Å². The zero-order valence-electron chi connectivity index (χ0n) is 11.4. The first kappa shape index (κ1) is 13.4. The van der Waals surface area contributed by atoms with Crippen LogP contribution >= 0.6 is 0 Å². The lowest BCUT2D eigenvalue weighted by Gasteiger charge is -2.35. The van der Waals surface area contributed by atoms with Crippen LogP contribution in [0.3, 0.4) is 0 Å². The van der Waals surface area contributed by atoms with Crippen LogP contribution in [-0.4, -0.2) is 36.2 Å². The topological polar surface area (TPSA) is 35.5 Å². The molecule has 0 aliphatic carbocycles. The Labute approximate surface area is 110 Å². The van der Waals surface area contributed by atoms with E-state index in [4.69, 9.17) is 0 Å². The summed E-state index contributed by atoms with van der Waals surface area (Å²) in [5, 5.41) is 13.5. The van der Waals surface area contributed by atoms with E-state index in [-0.39, 0.29) is 0 Å². The van der Waals surface area contributed by atoms with Crippen molar-refractivity contribution in [3.63, 3.8) is 0 Å². The molecule has 1 aromatic carbocycles. The molecule has 100 valence electrons. The number of hydrogen-bond donors (Lipinski definition) is 2. The minimum absolute atomic E-state index is 0.358. The van der Waals surface area contributed by atoms with E-state index in [0.717, 1.165) is 44.6 Å². The van der Waals surface area contributed by atoms with Crippen molar-refractivity contribution in [2.75, 3.05) is 26.2 Å². The van der Waals surface area contributed by atoms with Crippen LogP contribution in [0.1, 0.15) is 36.9 Å². The number of phenolic OH excluding ortho intramolecular Hbond substituents is 1. The quantitative estimate of drug-likeness (QED) is 0.859. The Kier molecular flexibility index (Phi) is 4.61. The molecule has 1 fully saturated rings. The minimum Gasteiger partial charge on any atom is -0.508 e. The van der Waals surface area contributed by atoms with Gasteiger partial charge in [0.15, 0.2) is 0 Å². The number of benzene rings is 1. The molecular weight excluding hydrogens is 224 g/mol. The monoisotopic (exact) mass is 248 g/mol. The van der Waals surface area contributed by atoms with Gasteiger partial charge in [-0.1, -0.05) is 31.0 Å². The van der Waals surface area contributed by atoms with Crippen molar-refractivity contribution in [2.45, 2.75) is 32.7 Å². The van der Waals surface area contributed by atoms with Crippen LogP contribution in [-0.2, 0) is 0 Å². The maximum Gasteiger partial charge on any atom is 0.120 e. The highest BCUT2D eigenvalue weighted by Gasteiger charge is 2.23. The predicted molar refractivity (Wildman–Crippen MR) is 74.9 cm³/mol. The lowest BCUT2D eigenvalue weighted by atomic mass is 9.97. The lowest BCUT2D eigenvalue weighted by molar-refractivity contribution is 0.162. The Morgan fingerprint density at radius 2 is 2.06 bits per heavy atom. The zero-order valence-corrected chi connectivity index (χ0v) is 11.4. The third-order valence-electron chi connectivity index (χ3n) is 3.70. The molecule has 1 atom stereocenters. The van der Waals surface area contributed by atoms with Gasteiger partial charge in [0.2, 0.25) is 0 Å². The fraction of sp³-hybridized carbons (Fsp3) is 0.600. The highest BCUT2D eigenvalue weighted by atomic mass is 16.3. The van der Waals surface area contributed by atoms with Gasteiger partial charge in [0.05, 0.1) is 0 Å². The summed E-state index contributed by atoms with van der Waals surface area (Å²) < 4.78 is 0. The van der Waals surface area contributed by atoms with Crippen molar-refractivity contribution in [3.05, 3.63) is 29.3 Å². The van der Waals surface area contributed by atoms with Crippen LogP contribution in [0.4, 0.5) is 0 Å². The van der Waals surface area contributed by atoms with E-state index in [9.17, 15) is 5.11 Å². The Hall–Kier alpha value is -1.06. The van der Waals surface area contributed by atoms with Crippen molar-refractivity contribution >= 4 is 0 Å². The van der Waals surface area contributed by atoms with Crippen LogP contribution < -0.4 is 5.32 Å². The number of nitrogens with one attached hydrogen (secondary N) is 1. The Morgan fingerprint density at radius 3 is 2.72 bits per heavy atom. The molecule has 0 unspecified atom stereocenters. The molecular formula is C15H24N2O. The summed E-state index contributed by atoms with van der Waals surface area (Å²) in [5.41, 5.74) is 2.32. The highest BCUT2D eigenvalue weighted by Crippen LogP contribution is 2.32. The average Bonchev–Trinajstić information content (AvgIpc) is 2.40. The number of aryl methyl sites for hydroxylation is 1. The summed E-state index contributed by atoms with van der Waals surface area (Å²) in [6.45, 7) is 8.53. The third kappa shape index (κ3) is 3.03. The van der Waals surface area contributed by atoms with E-state index in [2.05, 4.69) is 30.1 Å². The Morgan fingerprint density at radius 1 is 1.33 bits per heavy atom. The van der Waals surface area contributed by atoms with E-state index in [1.165, 1.54) is 5.56 Å². The maximum absolute atomic E-state index is 10.1. The molecule has 2 N–H and O–H groups in total. The molecule has 1 aromatic rings. The van der Waals surface area contributed by atoms with Gasteiger partial charge >= 0.3 is 0 Å². The van der Waals surface area contributed by atoms with Crippen LogP contribution in [0.25, 0.3) is 0 Å². The SMILES string of the molecule is CCC[C@@H](c1cc(C)ccc1O)N1CCNCC1. The Bertz CT molecular complexity index is 386. The van der Waals surface area contributed by atoms with Crippen molar-refractivity contribution in [2.24, 2.45) is 0 Å². The fourth-order valence-corrected chi connectivity index (χ4v) is 2.74. The first-order valence-electron chi connectivity index (χ1n) is 6.96. The molecule has 2 rings (SSSR count). The number of nitrogens with zero attached hydrogens (tertiary/aromatic N) is 1. The average molecular weight is 248 g/mol. The second-order valence-electron chi connectivity index (χ2n) is 5.15. The molecule has 0 amide bonds. The van der Waals surface area contributed by atoms with Crippen LogP contribution in [0.15, 0.2) is 18.2 Å². The number of rotatable bonds is 4. The molecule has 0 spiro atoms. The number of aromatic hydroxyl groups is 1. The summed E-state index contributed by atoms with van der Waals surface area (Å²) in [5.74, 6) is 0.442. The van der Waals surface area contributed by atoms with Crippen LogP contribution in [0.2, 0.25) is 0 Å². The second-order valence-corrected chi connectivity index (χ2v) is 5.15. The summed E-state index contributed by atoms with van der Waals surface area (Å²) in [7, 11) is 0. The van der Waals surface area contributed by atoms with E-state index < -0.39 is 0 Å². The van der Waals surface area contributed by atoms with Gasteiger partial charge in [-0.3, -0.25) is 4.90 Å². The highest BCUT2D eigenvalue weighted by molar-refractivity contribution is 5.38. The van der Waals surface area contributed by atoms with Gasteiger partial charge in [-0.25, -0.2) is 0 Å². The Balaban J connectivity index is 2.24. The summed E-state index contributed by atoms with van der Waals surface area (Å²) >= 11 is 0. The first-order chi connectivity index (χ1) is 8.72. The van der Waals surface area contributed by atoms with Crippen molar-refractivity contribution in [3.8, 4) is 5.75 Å². The molecule has 0 radical (unpaired) electrons. The molecule has 3 nitrogen and oxygen atoms in total. The van der Waals surface area contributed by atoms with Crippen LogP contribution in [0.5, 0.6) is 5.75 Å². The fourth-order valence-electron chi connectivity index (χ4n) is 2.74. The van der Waals surface area contributed by atoms with Gasteiger partial charge in [0.1, 0.15) is 5.75 Å². The largest absolute Gasteiger partial charge is 0.508 e. The molecule has 1 aliphatic heterocycles. The molecule has 1 aliphatic rings. The summed E-state index contributed by atoms with van der Waals surface area (Å²) in [6.07, 6.45) is 2.25. The summed E-state index contributed by atoms with van der Waals surface area (Å²) in [4.78, 5) is 2.49. The second kappa shape index (κ2) is 6.21. The molecule has 1 heterocycles. The van der Waals surface area contributed by atoms with Crippen molar-refractivity contribution in [1.82, 2.24) is 10.2 Å². The third-order valence-corrected chi connectivity index (χ3v) is 3.70. The smallest absolute Gasteiger partial charge is 0.120 e. The predicted octanol–water partition coefficient (Wildman–Crippen LogP) is 2.45. The summed E-state index contributed by atoms with van der Waals surface area (Å²) in [6, 6.07) is 6.30. The van der Waals surface area contributed by atoms with E-state index >= 15 is 0 Å². The molecule has 1 saturated heterocycles. The van der Waals surface area contributed by atoms with Crippen molar-refractivity contribution < 1.29 is 5.11 Å². The number of phenols is 1. The molecule has 3 heteroatoms. The van der Waals surface area contributed by atoms with Crippen molar-refractivity contribution in [1.29, 1.82) is 0 Å². The maximum atomic E-state index is 10.1. The van der Waals surface area contributed by atoms with Gasteiger partial charge in [-0.05, 0) is 19.4 Å². The van der Waals surface area contributed by atoms with Gasteiger partial charge in [0.25, 0.3) is 0 Å².